The van der Waals surface area contributed by atoms with E-state index in [1.54, 1.807) is 18.4 Å². The normalized spacial score (nSPS) is 11.4. The van der Waals surface area contributed by atoms with Gasteiger partial charge in [0.2, 0.25) is 0 Å². The molecule has 3 N–H and O–H groups in total. The summed E-state index contributed by atoms with van der Waals surface area (Å²) in [7, 11) is 1.69. The van der Waals surface area contributed by atoms with Gasteiger partial charge in [0.05, 0.1) is 7.11 Å². The highest BCUT2D eigenvalue weighted by Crippen LogP contribution is 2.13. The summed E-state index contributed by atoms with van der Waals surface area (Å²) in [5.41, 5.74) is 7.12. The first-order chi connectivity index (χ1) is 10.8. The molecule has 1 aromatic carbocycles. The highest BCUT2D eigenvalue weighted by molar-refractivity contribution is 7.09. The Hall–Kier alpha value is -2.01. The predicted octanol–water partition coefficient (Wildman–Crippen LogP) is 2.84. The van der Waals surface area contributed by atoms with E-state index < -0.39 is 0 Å². The van der Waals surface area contributed by atoms with Crippen molar-refractivity contribution in [3.05, 3.63) is 52.2 Å². The van der Waals surface area contributed by atoms with Gasteiger partial charge in [-0.1, -0.05) is 18.2 Å². The molecule has 4 nitrogen and oxygen atoms in total. The number of hydrogen-bond acceptors (Lipinski definition) is 3. The van der Waals surface area contributed by atoms with Gasteiger partial charge in [0, 0.05) is 18.0 Å². The maximum atomic E-state index is 5.86. The molecule has 2 aromatic rings. The zero-order valence-corrected chi connectivity index (χ0v) is 13.7. The standard InChI is InChI=1S/C17H23N3OS/c1-21-15-7-2-5-14(13-15)6-3-10-19-17(18)20-11-9-16-8-4-12-22-16/h2,4-5,7-8,12-13H,3,6,9-11H2,1H3,(H3,18,19,20). The van der Waals surface area contributed by atoms with Crippen LogP contribution in [-0.4, -0.2) is 26.2 Å². The van der Waals surface area contributed by atoms with Gasteiger partial charge in [-0.3, -0.25) is 4.99 Å². The summed E-state index contributed by atoms with van der Waals surface area (Å²) in [6, 6.07) is 12.3. The molecular formula is C17H23N3OS. The summed E-state index contributed by atoms with van der Waals surface area (Å²) in [5, 5.41) is 5.24. The topological polar surface area (TPSA) is 59.6 Å². The minimum absolute atomic E-state index is 0.530. The molecule has 0 fully saturated rings. The molecule has 0 spiro atoms. The third-order valence-corrected chi connectivity index (χ3v) is 4.23. The largest absolute Gasteiger partial charge is 0.497 e. The zero-order valence-electron chi connectivity index (χ0n) is 12.9. The Morgan fingerprint density at radius 1 is 1.27 bits per heavy atom. The van der Waals surface area contributed by atoms with Gasteiger partial charge in [0.1, 0.15) is 5.75 Å². The van der Waals surface area contributed by atoms with Crippen molar-refractivity contribution in [3.63, 3.8) is 0 Å². The number of hydrogen-bond donors (Lipinski definition) is 2. The van der Waals surface area contributed by atoms with Crippen LogP contribution in [0, 0.1) is 0 Å². The first-order valence-electron chi connectivity index (χ1n) is 7.47. The van der Waals surface area contributed by atoms with Crippen LogP contribution >= 0.6 is 11.3 Å². The monoisotopic (exact) mass is 317 g/mol. The third-order valence-electron chi connectivity index (χ3n) is 3.30. The summed E-state index contributed by atoms with van der Waals surface area (Å²) >= 11 is 1.77. The lowest BCUT2D eigenvalue weighted by molar-refractivity contribution is 0.414. The van der Waals surface area contributed by atoms with Crippen molar-refractivity contribution in [2.45, 2.75) is 19.3 Å². The molecule has 2 rings (SSSR count). The molecule has 0 amide bonds. The highest BCUT2D eigenvalue weighted by atomic mass is 32.1. The lowest BCUT2D eigenvalue weighted by Crippen LogP contribution is -2.33. The van der Waals surface area contributed by atoms with Crippen LogP contribution in [0.4, 0.5) is 0 Å². The van der Waals surface area contributed by atoms with Gasteiger partial charge >= 0.3 is 0 Å². The fraction of sp³-hybridized carbons (Fsp3) is 0.353. The van der Waals surface area contributed by atoms with Crippen molar-refractivity contribution in [2.24, 2.45) is 10.7 Å². The molecule has 0 saturated heterocycles. The predicted molar refractivity (Wildman–Crippen MR) is 93.8 cm³/mol. The number of thiophene rings is 1. The molecule has 0 atom stereocenters. The Bertz CT molecular complexity index is 581. The van der Waals surface area contributed by atoms with Crippen molar-refractivity contribution in [1.29, 1.82) is 0 Å². The minimum atomic E-state index is 0.530. The molecule has 0 aliphatic rings. The number of aliphatic imine (C=N–C) groups is 1. The third kappa shape index (κ3) is 5.77. The molecule has 0 saturated carbocycles. The summed E-state index contributed by atoms with van der Waals surface area (Å²) < 4.78 is 5.22. The van der Waals surface area contributed by atoms with E-state index in [9.17, 15) is 0 Å². The van der Waals surface area contributed by atoms with Crippen LogP contribution in [0.1, 0.15) is 16.9 Å². The SMILES string of the molecule is COc1cccc(CCCN=C(N)NCCc2cccs2)c1. The van der Waals surface area contributed by atoms with Gasteiger partial charge in [0.15, 0.2) is 5.96 Å². The smallest absolute Gasteiger partial charge is 0.188 e. The first-order valence-corrected chi connectivity index (χ1v) is 8.35. The van der Waals surface area contributed by atoms with E-state index in [1.165, 1.54) is 10.4 Å². The number of nitrogens with one attached hydrogen (secondary N) is 1. The number of guanidine groups is 1. The van der Waals surface area contributed by atoms with Crippen LogP contribution in [0.2, 0.25) is 0 Å². The second-order valence-electron chi connectivity index (χ2n) is 4.98. The molecule has 22 heavy (non-hydrogen) atoms. The van der Waals surface area contributed by atoms with Crippen LogP contribution in [-0.2, 0) is 12.8 Å². The Morgan fingerprint density at radius 2 is 2.18 bits per heavy atom. The Labute approximate surface area is 136 Å². The van der Waals surface area contributed by atoms with E-state index >= 15 is 0 Å². The number of ether oxygens (including phenoxy) is 1. The van der Waals surface area contributed by atoms with E-state index in [0.717, 1.165) is 38.1 Å². The molecule has 0 aliphatic carbocycles. The number of aryl methyl sites for hydroxylation is 1. The number of nitrogens with zero attached hydrogens (tertiary/aromatic N) is 1. The molecule has 0 aliphatic heterocycles. The van der Waals surface area contributed by atoms with E-state index in [4.69, 9.17) is 10.5 Å². The van der Waals surface area contributed by atoms with Crippen LogP contribution in [0.15, 0.2) is 46.8 Å². The Kier molecular flexibility index (Phi) is 6.77. The number of benzene rings is 1. The lowest BCUT2D eigenvalue weighted by atomic mass is 10.1. The number of nitrogens with two attached hydrogens (primary N) is 1. The maximum absolute atomic E-state index is 5.86. The molecule has 0 bridgehead atoms. The average Bonchev–Trinajstić information content (AvgIpc) is 3.05. The summed E-state index contributed by atoms with van der Waals surface area (Å²) in [5.74, 6) is 1.43. The van der Waals surface area contributed by atoms with E-state index in [1.807, 2.05) is 12.1 Å². The summed E-state index contributed by atoms with van der Waals surface area (Å²) in [6.07, 6.45) is 2.93. The fourth-order valence-electron chi connectivity index (χ4n) is 2.14. The molecule has 0 radical (unpaired) electrons. The van der Waals surface area contributed by atoms with E-state index in [2.05, 4.69) is 40.0 Å². The Morgan fingerprint density at radius 3 is 2.95 bits per heavy atom. The second-order valence-corrected chi connectivity index (χ2v) is 6.01. The molecule has 0 unspecified atom stereocenters. The van der Waals surface area contributed by atoms with Crippen molar-refractivity contribution >= 4 is 17.3 Å². The molecule has 1 aromatic heterocycles. The van der Waals surface area contributed by atoms with E-state index in [-0.39, 0.29) is 0 Å². The minimum Gasteiger partial charge on any atom is -0.497 e. The van der Waals surface area contributed by atoms with Crippen molar-refractivity contribution in [2.75, 3.05) is 20.2 Å². The van der Waals surface area contributed by atoms with Crippen LogP contribution in [0.25, 0.3) is 0 Å². The number of methoxy groups -OCH3 is 1. The average molecular weight is 317 g/mol. The molecule has 1 heterocycles. The van der Waals surface area contributed by atoms with Crippen molar-refractivity contribution in [1.82, 2.24) is 5.32 Å². The quantitative estimate of drug-likeness (QED) is 0.447. The molecule has 5 heteroatoms. The lowest BCUT2D eigenvalue weighted by Gasteiger charge is -2.05. The fourth-order valence-corrected chi connectivity index (χ4v) is 2.84. The van der Waals surface area contributed by atoms with Crippen molar-refractivity contribution in [3.8, 4) is 5.75 Å². The van der Waals surface area contributed by atoms with Crippen molar-refractivity contribution < 1.29 is 4.74 Å². The maximum Gasteiger partial charge on any atom is 0.188 e. The van der Waals surface area contributed by atoms with Crippen LogP contribution < -0.4 is 15.8 Å². The molecule has 118 valence electrons. The first kappa shape index (κ1) is 16.4. The van der Waals surface area contributed by atoms with Gasteiger partial charge < -0.3 is 15.8 Å². The van der Waals surface area contributed by atoms with E-state index in [0.29, 0.717) is 5.96 Å². The van der Waals surface area contributed by atoms with Gasteiger partial charge in [-0.2, -0.15) is 0 Å². The van der Waals surface area contributed by atoms with Crippen LogP contribution in [0.3, 0.4) is 0 Å². The van der Waals surface area contributed by atoms with Gasteiger partial charge in [-0.05, 0) is 48.4 Å². The highest BCUT2D eigenvalue weighted by Gasteiger charge is 1.97. The summed E-state index contributed by atoms with van der Waals surface area (Å²) in [6.45, 7) is 1.56. The van der Waals surface area contributed by atoms with Crippen LogP contribution in [0.5, 0.6) is 5.75 Å². The Balaban J connectivity index is 1.63. The van der Waals surface area contributed by atoms with Gasteiger partial charge in [0.25, 0.3) is 0 Å². The zero-order chi connectivity index (χ0) is 15.6. The van der Waals surface area contributed by atoms with Gasteiger partial charge in [-0.15, -0.1) is 11.3 Å². The number of rotatable bonds is 8. The summed E-state index contributed by atoms with van der Waals surface area (Å²) in [4.78, 5) is 5.72. The molecular weight excluding hydrogens is 294 g/mol. The second kappa shape index (κ2) is 9.10. The van der Waals surface area contributed by atoms with Gasteiger partial charge in [-0.25, -0.2) is 0 Å².